The number of hydrogen-bond acceptors (Lipinski definition) is 7. The molecule has 0 radical (unpaired) electrons. The number of sulfonamides is 1. The monoisotopic (exact) mass is 405 g/mol. The minimum Gasteiger partial charge on any atom is -0.294 e. The van der Waals surface area contributed by atoms with Crippen LogP contribution in [0.5, 0.6) is 0 Å². The standard InChI is InChI=1S/C17H19N5O3S2/c1-13-11-16(23)22-17(18-13)26-15(19-22)12-20-7-9-21(10-8-20)27(24,25)14-5-3-2-4-6-14/h2-6,11H,7-10,12H2,1H3. The second kappa shape index (κ2) is 7.12. The molecule has 3 heterocycles. The molecule has 2 aromatic heterocycles. The lowest BCUT2D eigenvalue weighted by atomic mass is 10.3. The average molecular weight is 406 g/mol. The molecule has 0 N–H and O–H groups in total. The summed E-state index contributed by atoms with van der Waals surface area (Å²) in [5.41, 5.74) is 0.494. The van der Waals surface area contributed by atoms with E-state index < -0.39 is 10.0 Å². The number of rotatable bonds is 4. The molecule has 142 valence electrons. The Morgan fingerprint density at radius 2 is 1.81 bits per heavy atom. The van der Waals surface area contributed by atoms with Gasteiger partial charge in [0.25, 0.3) is 5.56 Å². The molecule has 27 heavy (non-hydrogen) atoms. The summed E-state index contributed by atoms with van der Waals surface area (Å²) in [6.45, 7) is 4.45. The Balaban J connectivity index is 1.44. The molecule has 4 rings (SSSR count). The third kappa shape index (κ3) is 3.65. The number of hydrogen-bond donors (Lipinski definition) is 0. The van der Waals surface area contributed by atoms with Crippen molar-refractivity contribution in [3.8, 4) is 0 Å². The van der Waals surface area contributed by atoms with Crippen LogP contribution in [0.15, 0.2) is 46.1 Å². The Morgan fingerprint density at radius 3 is 2.52 bits per heavy atom. The van der Waals surface area contributed by atoms with E-state index in [0.29, 0.717) is 48.3 Å². The maximum atomic E-state index is 12.7. The second-order valence-electron chi connectivity index (χ2n) is 6.42. The van der Waals surface area contributed by atoms with Crippen LogP contribution in [-0.2, 0) is 16.6 Å². The van der Waals surface area contributed by atoms with E-state index in [0.717, 1.165) is 5.01 Å². The smallest absolute Gasteiger partial charge is 0.275 e. The van der Waals surface area contributed by atoms with Gasteiger partial charge in [0.15, 0.2) is 0 Å². The first-order valence-corrected chi connectivity index (χ1v) is 10.8. The lowest BCUT2D eigenvalue weighted by molar-refractivity contribution is 0.181. The average Bonchev–Trinajstić information content (AvgIpc) is 3.05. The summed E-state index contributed by atoms with van der Waals surface area (Å²) in [7, 11) is -3.45. The summed E-state index contributed by atoms with van der Waals surface area (Å²) >= 11 is 1.39. The molecule has 8 nitrogen and oxygen atoms in total. The van der Waals surface area contributed by atoms with Gasteiger partial charge >= 0.3 is 0 Å². The maximum absolute atomic E-state index is 12.7. The van der Waals surface area contributed by atoms with Gasteiger partial charge in [-0.25, -0.2) is 13.4 Å². The molecule has 1 saturated heterocycles. The molecule has 1 aliphatic heterocycles. The van der Waals surface area contributed by atoms with E-state index in [2.05, 4.69) is 15.0 Å². The van der Waals surface area contributed by atoms with E-state index in [4.69, 9.17) is 0 Å². The highest BCUT2D eigenvalue weighted by Crippen LogP contribution is 2.19. The Bertz CT molecular complexity index is 1120. The van der Waals surface area contributed by atoms with Crippen LogP contribution >= 0.6 is 11.3 Å². The highest BCUT2D eigenvalue weighted by molar-refractivity contribution is 7.89. The van der Waals surface area contributed by atoms with E-state index in [-0.39, 0.29) is 5.56 Å². The van der Waals surface area contributed by atoms with Crippen LogP contribution in [0.25, 0.3) is 4.96 Å². The highest BCUT2D eigenvalue weighted by atomic mass is 32.2. The van der Waals surface area contributed by atoms with E-state index in [1.807, 2.05) is 0 Å². The maximum Gasteiger partial charge on any atom is 0.275 e. The largest absolute Gasteiger partial charge is 0.294 e. The molecule has 1 aromatic carbocycles. The normalized spacial score (nSPS) is 16.8. The molecule has 0 spiro atoms. The van der Waals surface area contributed by atoms with E-state index in [1.54, 1.807) is 37.3 Å². The minimum absolute atomic E-state index is 0.182. The predicted molar refractivity (Wildman–Crippen MR) is 102 cm³/mol. The quantitative estimate of drug-likeness (QED) is 0.643. The summed E-state index contributed by atoms with van der Waals surface area (Å²) in [4.78, 5) is 19.4. The summed E-state index contributed by atoms with van der Waals surface area (Å²) < 4.78 is 28.2. The van der Waals surface area contributed by atoms with Crippen molar-refractivity contribution in [2.24, 2.45) is 0 Å². The lowest BCUT2D eigenvalue weighted by Gasteiger charge is -2.33. The zero-order valence-corrected chi connectivity index (χ0v) is 16.4. The predicted octanol–water partition coefficient (Wildman–Crippen LogP) is 0.966. The van der Waals surface area contributed by atoms with Crippen LogP contribution in [0.2, 0.25) is 0 Å². The number of nitrogens with zero attached hydrogens (tertiary/aromatic N) is 5. The van der Waals surface area contributed by atoms with Crippen molar-refractivity contribution in [2.75, 3.05) is 26.2 Å². The highest BCUT2D eigenvalue weighted by Gasteiger charge is 2.28. The Labute approximate surface area is 160 Å². The van der Waals surface area contributed by atoms with Crippen LogP contribution in [0.4, 0.5) is 0 Å². The van der Waals surface area contributed by atoms with E-state index >= 15 is 0 Å². The van der Waals surface area contributed by atoms with Crippen molar-refractivity contribution in [3.63, 3.8) is 0 Å². The molecule has 1 fully saturated rings. The van der Waals surface area contributed by atoms with Gasteiger partial charge < -0.3 is 0 Å². The van der Waals surface area contributed by atoms with Gasteiger partial charge in [-0.2, -0.15) is 13.9 Å². The Hall–Kier alpha value is -2.14. The van der Waals surface area contributed by atoms with Crippen LogP contribution in [0.1, 0.15) is 10.7 Å². The first-order chi connectivity index (χ1) is 12.9. The molecular formula is C17H19N5O3S2. The van der Waals surface area contributed by atoms with Crippen LogP contribution in [-0.4, -0.2) is 58.4 Å². The molecular weight excluding hydrogens is 386 g/mol. The molecule has 0 aliphatic carbocycles. The number of fused-ring (bicyclic) bond motifs is 1. The van der Waals surface area contributed by atoms with Gasteiger partial charge in [0.05, 0.1) is 11.4 Å². The van der Waals surface area contributed by atoms with Crippen LogP contribution < -0.4 is 5.56 Å². The van der Waals surface area contributed by atoms with E-state index in [9.17, 15) is 13.2 Å². The molecule has 0 saturated carbocycles. The number of benzene rings is 1. The Kier molecular flexibility index (Phi) is 4.81. The van der Waals surface area contributed by atoms with Crippen molar-refractivity contribution in [1.82, 2.24) is 23.8 Å². The topological polar surface area (TPSA) is 87.9 Å². The first kappa shape index (κ1) is 18.2. The molecule has 10 heteroatoms. The summed E-state index contributed by atoms with van der Waals surface area (Å²) in [5.74, 6) is 0. The summed E-state index contributed by atoms with van der Waals surface area (Å²) in [6.07, 6.45) is 0. The number of aromatic nitrogens is 3. The van der Waals surface area contributed by atoms with Gasteiger partial charge in [0.2, 0.25) is 15.0 Å². The Morgan fingerprint density at radius 1 is 1.11 bits per heavy atom. The van der Waals surface area contributed by atoms with Crippen molar-refractivity contribution in [3.05, 3.63) is 57.5 Å². The minimum atomic E-state index is -3.45. The van der Waals surface area contributed by atoms with E-state index in [1.165, 1.54) is 26.2 Å². The van der Waals surface area contributed by atoms with Crippen molar-refractivity contribution >= 4 is 26.3 Å². The third-order valence-electron chi connectivity index (χ3n) is 4.49. The van der Waals surface area contributed by atoms with Gasteiger partial charge in [0, 0.05) is 37.9 Å². The zero-order valence-electron chi connectivity index (χ0n) is 14.8. The molecule has 1 aliphatic rings. The molecule has 0 bridgehead atoms. The fourth-order valence-electron chi connectivity index (χ4n) is 3.08. The number of piperazine rings is 1. The fraction of sp³-hybridized carbons (Fsp3) is 0.353. The van der Waals surface area contributed by atoms with Gasteiger partial charge in [-0.1, -0.05) is 29.5 Å². The van der Waals surface area contributed by atoms with Gasteiger partial charge in [-0.05, 0) is 19.1 Å². The lowest BCUT2D eigenvalue weighted by Crippen LogP contribution is -2.48. The molecule has 0 atom stereocenters. The second-order valence-corrected chi connectivity index (χ2v) is 9.40. The van der Waals surface area contributed by atoms with Crippen molar-refractivity contribution in [1.29, 1.82) is 0 Å². The van der Waals surface area contributed by atoms with Gasteiger partial charge in [-0.15, -0.1) is 0 Å². The molecule has 0 unspecified atom stereocenters. The zero-order chi connectivity index (χ0) is 19.0. The fourth-order valence-corrected chi connectivity index (χ4v) is 5.52. The molecule has 0 amide bonds. The summed E-state index contributed by atoms with van der Waals surface area (Å²) in [5, 5.41) is 5.15. The third-order valence-corrected chi connectivity index (χ3v) is 7.29. The van der Waals surface area contributed by atoms with Crippen molar-refractivity contribution < 1.29 is 8.42 Å². The summed E-state index contributed by atoms with van der Waals surface area (Å²) in [6, 6.07) is 9.97. The van der Waals surface area contributed by atoms with Crippen molar-refractivity contribution in [2.45, 2.75) is 18.4 Å². The van der Waals surface area contributed by atoms with Crippen LogP contribution in [0.3, 0.4) is 0 Å². The van der Waals surface area contributed by atoms with Gasteiger partial charge in [-0.3, -0.25) is 9.69 Å². The SMILES string of the molecule is Cc1cc(=O)n2nc(CN3CCN(S(=O)(=O)c4ccccc4)CC3)sc2n1. The first-order valence-electron chi connectivity index (χ1n) is 8.57. The number of aryl methyl sites for hydroxylation is 1. The van der Waals surface area contributed by atoms with Gasteiger partial charge in [0.1, 0.15) is 5.01 Å². The molecule has 3 aromatic rings. The van der Waals surface area contributed by atoms with Crippen LogP contribution in [0, 0.1) is 6.92 Å².